The number of aromatic amines is 1. The summed E-state index contributed by atoms with van der Waals surface area (Å²) in [4.78, 5) is 61.9. The van der Waals surface area contributed by atoms with Crippen molar-refractivity contribution < 1.29 is 48.1 Å². The third-order valence-electron chi connectivity index (χ3n) is 10.1. The molecule has 0 spiro atoms. The number of H-pyrrole nitrogens is 1. The van der Waals surface area contributed by atoms with Crippen LogP contribution in [0.3, 0.4) is 0 Å². The molecule has 2 fully saturated rings. The van der Waals surface area contributed by atoms with Gasteiger partial charge in [-0.25, -0.2) is 14.2 Å². The maximum absolute atomic E-state index is 14.1. The van der Waals surface area contributed by atoms with Gasteiger partial charge < -0.3 is 39.9 Å². The fourth-order valence-corrected chi connectivity index (χ4v) is 7.70. The number of phosphoric acid groups is 1. The van der Waals surface area contributed by atoms with Crippen LogP contribution in [0.2, 0.25) is 0 Å². The summed E-state index contributed by atoms with van der Waals surface area (Å²) in [7, 11) is -5.25. The Hall–Kier alpha value is -3.06. The molecule has 7 atom stereocenters. The minimum absolute atomic E-state index is 0.314. The molecule has 0 radical (unpaired) electrons. The average molecular weight is 802 g/mol. The summed E-state index contributed by atoms with van der Waals surface area (Å²) >= 11 is 0. The minimum atomic E-state index is -5.25. The molecule has 2 saturated heterocycles. The highest BCUT2D eigenvalue weighted by atomic mass is 31.2. The van der Waals surface area contributed by atoms with Gasteiger partial charge in [-0.1, -0.05) is 76.9 Å². The number of phosphoric ester groups is 1. The van der Waals surface area contributed by atoms with E-state index in [9.17, 15) is 48.4 Å². The number of rotatable bonds is 24. The first-order valence-corrected chi connectivity index (χ1v) is 20.8. The van der Waals surface area contributed by atoms with Crippen LogP contribution in [0.1, 0.15) is 122 Å². The third-order valence-corrected chi connectivity index (χ3v) is 10.7. The van der Waals surface area contributed by atoms with Crippen molar-refractivity contribution in [1.82, 2.24) is 19.1 Å². The molecule has 0 aliphatic carbocycles. The van der Waals surface area contributed by atoms with Crippen molar-refractivity contribution in [3.8, 4) is 0 Å². The molecule has 2 aliphatic rings. The molecule has 0 bridgehead atoms. The number of aliphatic hydroxyl groups is 3. The molecule has 2 aliphatic heterocycles. The second-order valence-electron chi connectivity index (χ2n) is 14.4. The number of allylic oxidation sites excluding steroid dienone is 2. The zero-order valence-corrected chi connectivity index (χ0v) is 32.2. The number of aromatic nitrogens is 4. The van der Waals surface area contributed by atoms with E-state index in [1.165, 1.54) is 70.1 Å². The van der Waals surface area contributed by atoms with Gasteiger partial charge in [0.25, 0.3) is 5.56 Å². The van der Waals surface area contributed by atoms with Crippen LogP contribution >= 0.6 is 7.82 Å². The van der Waals surface area contributed by atoms with Crippen molar-refractivity contribution in [3.63, 3.8) is 0 Å². The van der Waals surface area contributed by atoms with E-state index < -0.39 is 92.5 Å². The first kappa shape index (κ1) is 44.7. The molecule has 310 valence electrons. The Morgan fingerprint density at radius 1 is 1.00 bits per heavy atom. The van der Waals surface area contributed by atoms with Gasteiger partial charge in [0.05, 0.1) is 18.9 Å². The third kappa shape index (κ3) is 13.0. The molecule has 7 unspecified atom stereocenters. The van der Waals surface area contributed by atoms with Gasteiger partial charge in [-0.3, -0.25) is 23.4 Å². The van der Waals surface area contributed by atoms with Crippen molar-refractivity contribution in [2.75, 3.05) is 18.5 Å². The van der Waals surface area contributed by atoms with Gasteiger partial charge in [-0.2, -0.15) is 9.37 Å². The van der Waals surface area contributed by atoms with Crippen molar-refractivity contribution in [2.24, 2.45) is 0 Å². The highest BCUT2D eigenvalue weighted by molar-refractivity contribution is 7.46. The largest absolute Gasteiger partial charge is 0.469 e. The number of nitrogens with one attached hydrogen (secondary N) is 2. The van der Waals surface area contributed by atoms with E-state index in [-0.39, 0.29) is 0 Å². The van der Waals surface area contributed by atoms with Crippen LogP contribution in [0.5, 0.6) is 0 Å². The number of anilines is 1. The topological polar surface area (TPSA) is 248 Å². The molecule has 0 amide bonds. The van der Waals surface area contributed by atoms with Gasteiger partial charge in [0.2, 0.25) is 5.82 Å². The fraction of sp³-hybridized carbons (Fsp3) is 0.722. The van der Waals surface area contributed by atoms with Crippen LogP contribution in [0.15, 0.2) is 45.0 Å². The van der Waals surface area contributed by atoms with Crippen LogP contribution in [0, 0.1) is 5.82 Å². The van der Waals surface area contributed by atoms with Gasteiger partial charge in [0.1, 0.15) is 36.0 Å². The second-order valence-corrected chi connectivity index (χ2v) is 15.6. The summed E-state index contributed by atoms with van der Waals surface area (Å²) in [5.74, 6) is -1.04. The van der Waals surface area contributed by atoms with Crippen LogP contribution < -0.4 is 22.3 Å². The molecule has 4 rings (SSSR count). The number of unbranched alkanes of at least 4 members (excludes halogenated alkanes) is 12. The van der Waals surface area contributed by atoms with Gasteiger partial charge in [0, 0.05) is 25.6 Å². The zero-order valence-electron chi connectivity index (χ0n) is 31.3. The number of halogens is 1. The van der Waals surface area contributed by atoms with Crippen molar-refractivity contribution in [2.45, 2.75) is 152 Å². The molecule has 7 N–H and O–H groups in total. The van der Waals surface area contributed by atoms with Crippen molar-refractivity contribution >= 4 is 13.6 Å². The molecule has 2 aromatic rings. The maximum atomic E-state index is 14.1. The summed E-state index contributed by atoms with van der Waals surface area (Å²) in [6, 6.07) is 1.52. The number of hydrogen-bond acceptors (Lipinski definition) is 12. The van der Waals surface area contributed by atoms with E-state index in [1.54, 1.807) is 4.98 Å². The van der Waals surface area contributed by atoms with Crippen LogP contribution in [0.4, 0.5) is 10.2 Å². The predicted octanol–water partition coefficient (Wildman–Crippen LogP) is 3.52. The summed E-state index contributed by atoms with van der Waals surface area (Å²) in [6.07, 6.45) is 12.8. The number of hydrogen-bond donors (Lipinski definition) is 7. The van der Waals surface area contributed by atoms with Crippen molar-refractivity contribution in [1.29, 1.82) is 0 Å². The number of nitrogens with zero attached hydrogens (tertiary/aromatic N) is 3. The van der Waals surface area contributed by atoms with Gasteiger partial charge >= 0.3 is 19.2 Å². The average Bonchev–Trinajstić information content (AvgIpc) is 3.62. The molecule has 19 heteroatoms. The molecular weight excluding hydrogens is 744 g/mol. The second kappa shape index (κ2) is 21.5. The Balaban J connectivity index is 1.25. The highest BCUT2D eigenvalue weighted by Gasteiger charge is 2.56. The Morgan fingerprint density at radius 3 is 2.25 bits per heavy atom. The van der Waals surface area contributed by atoms with E-state index in [4.69, 9.17) is 14.0 Å². The van der Waals surface area contributed by atoms with E-state index in [0.717, 1.165) is 36.7 Å². The quantitative estimate of drug-likeness (QED) is 0.0456. The van der Waals surface area contributed by atoms with Gasteiger partial charge in [-0.15, -0.1) is 0 Å². The Labute approximate surface area is 318 Å². The van der Waals surface area contributed by atoms with Crippen molar-refractivity contribution in [3.05, 3.63) is 67.8 Å². The first-order valence-electron chi connectivity index (χ1n) is 19.3. The molecule has 55 heavy (non-hydrogen) atoms. The Morgan fingerprint density at radius 2 is 1.64 bits per heavy atom. The Bertz CT molecular complexity index is 1750. The summed E-state index contributed by atoms with van der Waals surface area (Å²) in [5.41, 5.74) is -5.29. The number of ether oxygens (including phenoxy) is 2. The molecule has 4 heterocycles. The fourth-order valence-electron chi connectivity index (χ4n) is 7.09. The number of aliphatic hydroxyl groups excluding tert-OH is 3. The van der Waals surface area contributed by atoms with E-state index in [0.29, 0.717) is 23.1 Å². The zero-order chi connectivity index (χ0) is 40.0. The highest BCUT2D eigenvalue weighted by Crippen LogP contribution is 2.50. The normalized spacial score (nSPS) is 25.7. The molecular formula is C36H57FN5O12P. The summed E-state index contributed by atoms with van der Waals surface area (Å²) in [5, 5.41) is 35.4. The summed E-state index contributed by atoms with van der Waals surface area (Å²) < 4.78 is 44.1. The lowest BCUT2D eigenvalue weighted by atomic mass is 9.89. The monoisotopic (exact) mass is 801 g/mol. The van der Waals surface area contributed by atoms with E-state index in [2.05, 4.69) is 29.4 Å². The van der Waals surface area contributed by atoms with Crippen LogP contribution in [0.25, 0.3) is 0 Å². The molecule has 0 aromatic carbocycles. The Kier molecular flexibility index (Phi) is 17.4. The first-order chi connectivity index (χ1) is 26.3. The van der Waals surface area contributed by atoms with Gasteiger partial charge in [-0.05, 0) is 38.2 Å². The van der Waals surface area contributed by atoms with Gasteiger partial charge in [0.15, 0.2) is 6.23 Å². The predicted molar refractivity (Wildman–Crippen MR) is 200 cm³/mol. The van der Waals surface area contributed by atoms with E-state index >= 15 is 0 Å². The summed E-state index contributed by atoms with van der Waals surface area (Å²) in [6.45, 7) is 1.83. The molecule has 2 aromatic heterocycles. The standard InChI is InChI=1S/C36H57FN5O12P/c1-2-3-4-5-6-7-8-9-10-11-12-13-14-15-16-17-19-38-28-18-20-41(34(47)39-28)33-31(45)30(44)26(52-33)22-36(24-43)27(54-55(49,50)51)21-29(53-36)42-23-25(37)32(46)40-35(42)48/h9-10,18,20,23,26-27,29-31,33,43-45H,2-8,11-17,19,21-22,24H2,1H3,(H,38,39,47)(H,40,46,48)(H2,49,50,51). The minimum Gasteiger partial charge on any atom is -0.393 e. The SMILES string of the molecule is CCCCCCCCC=CCCCCCCCCNc1ccn(C2OC(CC3(CO)OC(n4cc(F)c(=O)[nH]c4=O)CC3OP(=O)(O)O)C(O)C2O)c(=O)n1. The smallest absolute Gasteiger partial charge is 0.393 e. The maximum Gasteiger partial charge on any atom is 0.469 e. The van der Waals surface area contributed by atoms with E-state index in [1.807, 2.05) is 0 Å². The lowest BCUT2D eigenvalue weighted by molar-refractivity contribution is -0.157. The lowest BCUT2D eigenvalue weighted by Crippen LogP contribution is -2.49. The van der Waals surface area contributed by atoms with Crippen LogP contribution in [-0.4, -0.2) is 87.4 Å². The molecule has 0 saturated carbocycles. The van der Waals surface area contributed by atoms with Crippen LogP contribution in [-0.2, 0) is 18.6 Å². The molecule has 17 nitrogen and oxygen atoms in total. The lowest BCUT2D eigenvalue weighted by Gasteiger charge is -2.35.